The SMILES string of the molecule is CC1(C)CN=C(NCc2cccc(C(F)(F)F)c2)SC1. The monoisotopic (exact) mass is 302 g/mol. The highest BCUT2D eigenvalue weighted by Gasteiger charge is 2.30. The second-order valence-corrected chi connectivity index (χ2v) is 6.59. The Hall–Kier alpha value is -1.17. The van der Waals surface area contributed by atoms with E-state index in [1.807, 2.05) is 0 Å². The molecule has 20 heavy (non-hydrogen) atoms. The lowest BCUT2D eigenvalue weighted by Crippen LogP contribution is -2.31. The van der Waals surface area contributed by atoms with Gasteiger partial charge in [-0.1, -0.05) is 37.7 Å². The molecule has 0 aliphatic carbocycles. The molecule has 0 fully saturated rings. The molecule has 0 aromatic heterocycles. The molecule has 0 saturated heterocycles. The van der Waals surface area contributed by atoms with Crippen molar-refractivity contribution in [1.82, 2.24) is 5.32 Å². The zero-order valence-corrected chi connectivity index (χ0v) is 12.2. The Kier molecular flexibility index (Phi) is 4.32. The standard InChI is InChI=1S/C14H17F3N2S/c1-13(2)8-19-12(20-9-13)18-7-10-4-3-5-11(6-10)14(15,16)17/h3-6H,7-9H2,1-2H3,(H,18,19). The summed E-state index contributed by atoms with van der Waals surface area (Å²) >= 11 is 1.62. The first-order chi connectivity index (χ1) is 9.26. The van der Waals surface area contributed by atoms with Gasteiger partial charge in [-0.2, -0.15) is 13.2 Å². The number of thioether (sulfide) groups is 1. The second-order valence-electron chi connectivity index (χ2n) is 5.63. The van der Waals surface area contributed by atoms with Crippen LogP contribution >= 0.6 is 11.8 Å². The highest BCUT2D eigenvalue weighted by atomic mass is 32.2. The number of nitrogens with one attached hydrogen (secondary N) is 1. The van der Waals surface area contributed by atoms with Crippen molar-refractivity contribution >= 4 is 16.9 Å². The van der Waals surface area contributed by atoms with E-state index < -0.39 is 11.7 Å². The van der Waals surface area contributed by atoms with Gasteiger partial charge in [0.15, 0.2) is 5.17 Å². The average Bonchev–Trinajstić information content (AvgIpc) is 2.37. The maximum Gasteiger partial charge on any atom is 0.416 e. The fourth-order valence-electron chi connectivity index (χ4n) is 1.78. The Bertz CT molecular complexity index is 509. The lowest BCUT2D eigenvalue weighted by molar-refractivity contribution is -0.137. The molecule has 1 aliphatic rings. The minimum absolute atomic E-state index is 0.187. The molecule has 1 aromatic rings. The number of nitrogens with zero attached hydrogens (tertiary/aromatic N) is 1. The Morgan fingerprint density at radius 1 is 1.35 bits per heavy atom. The van der Waals surface area contributed by atoms with Crippen LogP contribution in [-0.4, -0.2) is 17.5 Å². The Labute approximate surface area is 120 Å². The van der Waals surface area contributed by atoms with Crippen molar-refractivity contribution in [3.63, 3.8) is 0 Å². The Balaban J connectivity index is 1.97. The van der Waals surface area contributed by atoms with Crippen molar-refractivity contribution in [2.45, 2.75) is 26.6 Å². The Morgan fingerprint density at radius 2 is 2.10 bits per heavy atom. The number of hydrogen-bond donors (Lipinski definition) is 1. The van der Waals surface area contributed by atoms with E-state index in [9.17, 15) is 13.2 Å². The van der Waals surface area contributed by atoms with Gasteiger partial charge in [-0.05, 0) is 23.1 Å². The molecule has 0 spiro atoms. The number of aliphatic imine (C=N–C) groups is 1. The quantitative estimate of drug-likeness (QED) is 0.895. The minimum Gasteiger partial charge on any atom is -0.361 e. The molecule has 2 rings (SSSR count). The van der Waals surface area contributed by atoms with Crippen LogP contribution in [0.25, 0.3) is 0 Å². The average molecular weight is 302 g/mol. The van der Waals surface area contributed by atoms with E-state index in [0.717, 1.165) is 23.5 Å². The van der Waals surface area contributed by atoms with Crippen LogP contribution in [0.3, 0.4) is 0 Å². The predicted molar refractivity (Wildman–Crippen MR) is 76.8 cm³/mol. The van der Waals surface area contributed by atoms with Gasteiger partial charge in [0.1, 0.15) is 0 Å². The van der Waals surface area contributed by atoms with Gasteiger partial charge in [0.25, 0.3) is 0 Å². The van der Waals surface area contributed by atoms with E-state index in [0.29, 0.717) is 12.1 Å². The summed E-state index contributed by atoms with van der Waals surface area (Å²) in [7, 11) is 0. The van der Waals surface area contributed by atoms with E-state index in [-0.39, 0.29) is 5.41 Å². The highest BCUT2D eigenvalue weighted by molar-refractivity contribution is 8.13. The van der Waals surface area contributed by atoms with Gasteiger partial charge < -0.3 is 5.32 Å². The molecule has 0 saturated carbocycles. The first kappa shape index (κ1) is 15.2. The van der Waals surface area contributed by atoms with Gasteiger partial charge in [-0.25, -0.2) is 0 Å². The van der Waals surface area contributed by atoms with Crippen LogP contribution in [0.1, 0.15) is 25.0 Å². The lowest BCUT2D eigenvalue weighted by Gasteiger charge is -2.27. The van der Waals surface area contributed by atoms with E-state index in [2.05, 4.69) is 24.2 Å². The number of alkyl halides is 3. The predicted octanol–water partition coefficient (Wildman–Crippen LogP) is 3.92. The summed E-state index contributed by atoms with van der Waals surface area (Å²) < 4.78 is 37.8. The summed E-state index contributed by atoms with van der Waals surface area (Å²) in [6.45, 7) is 5.39. The van der Waals surface area contributed by atoms with Crippen molar-refractivity contribution < 1.29 is 13.2 Å². The van der Waals surface area contributed by atoms with Crippen LogP contribution in [0.4, 0.5) is 13.2 Å². The highest BCUT2D eigenvalue weighted by Crippen LogP contribution is 2.30. The molecule has 1 N–H and O–H groups in total. The van der Waals surface area contributed by atoms with E-state index in [1.54, 1.807) is 17.8 Å². The van der Waals surface area contributed by atoms with Gasteiger partial charge in [0, 0.05) is 18.8 Å². The third-order valence-corrected chi connectivity index (χ3v) is 4.42. The number of amidine groups is 1. The fourth-order valence-corrected chi connectivity index (χ4v) is 2.73. The van der Waals surface area contributed by atoms with Crippen molar-refractivity contribution in [1.29, 1.82) is 0 Å². The minimum atomic E-state index is -4.29. The largest absolute Gasteiger partial charge is 0.416 e. The summed E-state index contributed by atoms with van der Waals surface area (Å²) in [6.07, 6.45) is -4.29. The second kappa shape index (κ2) is 5.68. The molecule has 0 radical (unpaired) electrons. The zero-order chi connectivity index (χ0) is 14.8. The molecule has 110 valence electrons. The number of rotatable bonds is 2. The molecule has 0 atom stereocenters. The third kappa shape index (κ3) is 4.16. The molecule has 2 nitrogen and oxygen atoms in total. The van der Waals surface area contributed by atoms with Crippen molar-refractivity contribution in [2.24, 2.45) is 10.4 Å². The van der Waals surface area contributed by atoms with Crippen LogP contribution in [0.5, 0.6) is 0 Å². The maximum absolute atomic E-state index is 12.6. The Morgan fingerprint density at radius 3 is 2.70 bits per heavy atom. The van der Waals surface area contributed by atoms with Crippen LogP contribution in [0.15, 0.2) is 29.3 Å². The van der Waals surface area contributed by atoms with Gasteiger partial charge in [0.2, 0.25) is 0 Å². The van der Waals surface area contributed by atoms with Crippen molar-refractivity contribution in [3.05, 3.63) is 35.4 Å². The summed E-state index contributed by atoms with van der Waals surface area (Å²) in [6, 6.07) is 5.36. The molecule has 1 aromatic carbocycles. The summed E-state index contributed by atoms with van der Waals surface area (Å²) in [5, 5.41) is 3.91. The van der Waals surface area contributed by atoms with Crippen LogP contribution in [0.2, 0.25) is 0 Å². The maximum atomic E-state index is 12.6. The van der Waals surface area contributed by atoms with Gasteiger partial charge in [0.05, 0.1) is 5.56 Å². The molecule has 6 heteroatoms. The smallest absolute Gasteiger partial charge is 0.361 e. The van der Waals surface area contributed by atoms with E-state index >= 15 is 0 Å². The molecule has 0 amide bonds. The fraction of sp³-hybridized carbons (Fsp3) is 0.500. The molecule has 1 aliphatic heterocycles. The van der Waals surface area contributed by atoms with Crippen LogP contribution in [-0.2, 0) is 12.7 Å². The molecular weight excluding hydrogens is 285 g/mol. The van der Waals surface area contributed by atoms with E-state index in [1.165, 1.54) is 12.1 Å². The molecule has 0 unspecified atom stereocenters. The summed E-state index contributed by atoms with van der Waals surface area (Å²) in [5.74, 6) is 0.960. The van der Waals surface area contributed by atoms with Crippen molar-refractivity contribution in [3.8, 4) is 0 Å². The number of hydrogen-bond acceptors (Lipinski definition) is 3. The first-order valence-corrected chi connectivity index (χ1v) is 7.32. The summed E-state index contributed by atoms with van der Waals surface area (Å²) in [4.78, 5) is 4.41. The van der Waals surface area contributed by atoms with Gasteiger partial charge >= 0.3 is 6.18 Å². The van der Waals surface area contributed by atoms with Gasteiger partial charge in [-0.15, -0.1) is 0 Å². The number of benzene rings is 1. The molecule has 0 bridgehead atoms. The zero-order valence-electron chi connectivity index (χ0n) is 11.4. The van der Waals surface area contributed by atoms with Gasteiger partial charge in [-0.3, -0.25) is 4.99 Å². The summed E-state index contributed by atoms with van der Waals surface area (Å²) in [5.41, 5.74) is 0.176. The topological polar surface area (TPSA) is 24.4 Å². The van der Waals surface area contributed by atoms with Crippen LogP contribution in [0, 0.1) is 5.41 Å². The van der Waals surface area contributed by atoms with E-state index in [4.69, 9.17) is 0 Å². The van der Waals surface area contributed by atoms with Crippen LogP contribution < -0.4 is 5.32 Å². The molecule has 1 heterocycles. The molecular formula is C14H17F3N2S. The lowest BCUT2D eigenvalue weighted by atomic mass is 9.97. The van der Waals surface area contributed by atoms with Crippen molar-refractivity contribution in [2.75, 3.05) is 12.3 Å². The normalized spacial score (nSPS) is 18.6. The first-order valence-electron chi connectivity index (χ1n) is 6.34. The number of halogens is 3. The third-order valence-electron chi connectivity index (χ3n) is 2.95.